The fraction of sp³-hybridized carbons (Fsp3) is 0.600. The fourth-order valence-corrected chi connectivity index (χ4v) is 3.35. The Balaban J connectivity index is 2.08. The summed E-state index contributed by atoms with van der Waals surface area (Å²) in [6.07, 6.45) is 4.85. The normalized spacial score (nSPS) is 17.4. The lowest BCUT2D eigenvalue weighted by Gasteiger charge is -2.32. The van der Waals surface area contributed by atoms with E-state index in [-0.39, 0.29) is 0 Å². The topological polar surface area (TPSA) is 3.24 Å². The van der Waals surface area contributed by atoms with Crippen molar-refractivity contribution in [1.82, 2.24) is 4.90 Å². The third-order valence-corrected chi connectivity index (χ3v) is 4.85. The van der Waals surface area contributed by atoms with Gasteiger partial charge in [-0.05, 0) is 43.4 Å². The SMILES string of the molecule is CCCN(C(Br)CC)C1Cc2ccccc2C1. The van der Waals surface area contributed by atoms with Crippen LogP contribution in [0.2, 0.25) is 0 Å². The minimum Gasteiger partial charge on any atom is -0.287 e. The number of fused-ring (bicyclic) bond motifs is 1. The van der Waals surface area contributed by atoms with Crippen LogP contribution in [-0.2, 0) is 12.8 Å². The summed E-state index contributed by atoms with van der Waals surface area (Å²) in [7, 11) is 0. The second-order valence-electron chi connectivity index (χ2n) is 4.91. The van der Waals surface area contributed by atoms with Crippen LogP contribution >= 0.6 is 15.9 Å². The van der Waals surface area contributed by atoms with Gasteiger partial charge in [-0.25, -0.2) is 0 Å². The van der Waals surface area contributed by atoms with Crippen LogP contribution in [-0.4, -0.2) is 22.4 Å². The summed E-state index contributed by atoms with van der Waals surface area (Å²) >= 11 is 3.82. The van der Waals surface area contributed by atoms with Gasteiger partial charge in [0.2, 0.25) is 0 Å². The molecular formula is C15H22BrN. The zero-order valence-corrected chi connectivity index (χ0v) is 12.4. The average molecular weight is 296 g/mol. The van der Waals surface area contributed by atoms with Gasteiger partial charge in [0.05, 0.1) is 4.95 Å². The molecule has 0 saturated heterocycles. The van der Waals surface area contributed by atoms with Crippen LogP contribution in [0.25, 0.3) is 0 Å². The molecule has 2 heteroatoms. The smallest absolute Gasteiger partial charge is 0.0655 e. The summed E-state index contributed by atoms with van der Waals surface area (Å²) < 4.78 is 0. The largest absolute Gasteiger partial charge is 0.287 e. The highest BCUT2D eigenvalue weighted by Crippen LogP contribution is 2.28. The second-order valence-corrected chi connectivity index (χ2v) is 5.97. The molecule has 0 saturated carbocycles. The highest BCUT2D eigenvalue weighted by Gasteiger charge is 2.28. The molecule has 1 aromatic rings. The molecule has 2 rings (SSSR count). The van der Waals surface area contributed by atoms with Crippen molar-refractivity contribution in [3.05, 3.63) is 35.4 Å². The highest BCUT2D eigenvalue weighted by molar-refractivity contribution is 9.09. The Kier molecular flexibility index (Phi) is 4.63. The fourth-order valence-electron chi connectivity index (χ4n) is 2.81. The number of hydrogen-bond acceptors (Lipinski definition) is 1. The molecule has 1 unspecified atom stereocenters. The molecule has 1 atom stereocenters. The summed E-state index contributed by atoms with van der Waals surface area (Å²) in [5, 5.41) is 0. The van der Waals surface area contributed by atoms with Crippen LogP contribution in [0.1, 0.15) is 37.8 Å². The van der Waals surface area contributed by atoms with Crippen molar-refractivity contribution in [2.75, 3.05) is 6.54 Å². The molecule has 0 amide bonds. The first kappa shape index (κ1) is 13.1. The first-order chi connectivity index (χ1) is 8.26. The van der Waals surface area contributed by atoms with Crippen molar-refractivity contribution >= 4 is 15.9 Å². The van der Waals surface area contributed by atoms with Gasteiger partial charge in [-0.15, -0.1) is 0 Å². The molecule has 1 aliphatic carbocycles. The Bertz CT molecular complexity index is 339. The van der Waals surface area contributed by atoms with Gasteiger partial charge in [0.15, 0.2) is 0 Å². The van der Waals surface area contributed by atoms with Crippen molar-refractivity contribution in [3.63, 3.8) is 0 Å². The molecule has 0 aromatic heterocycles. The van der Waals surface area contributed by atoms with Gasteiger partial charge in [0, 0.05) is 6.04 Å². The Morgan fingerprint density at radius 2 is 1.82 bits per heavy atom. The standard InChI is InChI=1S/C15H22BrN/c1-3-9-17(15(16)4-2)14-10-12-7-5-6-8-13(12)11-14/h5-8,14-15H,3-4,9-11H2,1-2H3. The van der Waals surface area contributed by atoms with E-state index < -0.39 is 0 Å². The first-order valence-corrected chi connectivity index (χ1v) is 7.64. The predicted molar refractivity (Wildman–Crippen MR) is 77.6 cm³/mol. The quantitative estimate of drug-likeness (QED) is 0.586. The van der Waals surface area contributed by atoms with E-state index in [1.54, 1.807) is 11.1 Å². The molecular weight excluding hydrogens is 274 g/mol. The molecule has 0 N–H and O–H groups in total. The molecule has 1 aromatic carbocycles. The van der Waals surface area contributed by atoms with Crippen LogP contribution < -0.4 is 0 Å². The zero-order valence-electron chi connectivity index (χ0n) is 10.8. The van der Waals surface area contributed by atoms with Crippen LogP contribution in [0.3, 0.4) is 0 Å². The highest BCUT2D eigenvalue weighted by atomic mass is 79.9. The monoisotopic (exact) mass is 295 g/mol. The van der Waals surface area contributed by atoms with Crippen LogP contribution in [0.15, 0.2) is 24.3 Å². The molecule has 0 aliphatic heterocycles. The molecule has 0 fully saturated rings. The number of benzene rings is 1. The Morgan fingerprint density at radius 1 is 1.24 bits per heavy atom. The lowest BCUT2D eigenvalue weighted by atomic mass is 10.1. The van der Waals surface area contributed by atoms with Gasteiger partial charge in [0.25, 0.3) is 0 Å². The zero-order chi connectivity index (χ0) is 12.3. The predicted octanol–water partition coefficient (Wildman–Crippen LogP) is 4.00. The van der Waals surface area contributed by atoms with Crippen LogP contribution in [0.5, 0.6) is 0 Å². The molecule has 0 bridgehead atoms. The van der Waals surface area contributed by atoms with Gasteiger partial charge in [-0.2, -0.15) is 0 Å². The number of alkyl halides is 1. The molecule has 94 valence electrons. The van der Waals surface area contributed by atoms with E-state index in [0.29, 0.717) is 11.0 Å². The minimum atomic E-state index is 0.529. The van der Waals surface area contributed by atoms with E-state index in [0.717, 1.165) is 0 Å². The van der Waals surface area contributed by atoms with E-state index in [9.17, 15) is 0 Å². The maximum Gasteiger partial charge on any atom is 0.0655 e. The van der Waals surface area contributed by atoms with Crippen LogP contribution in [0, 0.1) is 0 Å². The molecule has 1 aliphatic rings. The Labute approximate surface area is 113 Å². The maximum atomic E-state index is 3.82. The van der Waals surface area contributed by atoms with Gasteiger partial charge < -0.3 is 0 Å². The van der Waals surface area contributed by atoms with Crippen molar-refractivity contribution in [2.45, 2.75) is 50.5 Å². The number of rotatable bonds is 5. The minimum absolute atomic E-state index is 0.529. The van der Waals surface area contributed by atoms with E-state index in [1.807, 2.05) is 0 Å². The van der Waals surface area contributed by atoms with E-state index in [2.05, 4.69) is 58.9 Å². The van der Waals surface area contributed by atoms with Crippen molar-refractivity contribution in [3.8, 4) is 0 Å². The number of hydrogen-bond donors (Lipinski definition) is 0. The van der Waals surface area contributed by atoms with E-state index in [1.165, 1.54) is 32.2 Å². The molecule has 0 heterocycles. The summed E-state index contributed by atoms with van der Waals surface area (Å²) in [6.45, 7) is 5.72. The summed E-state index contributed by atoms with van der Waals surface area (Å²) in [6, 6.07) is 9.59. The van der Waals surface area contributed by atoms with E-state index in [4.69, 9.17) is 0 Å². The lowest BCUT2D eigenvalue weighted by molar-refractivity contribution is 0.186. The maximum absolute atomic E-state index is 3.82. The lowest BCUT2D eigenvalue weighted by Crippen LogP contribution is -2.41. The van der Waals surface area contributed by atoms with Gasteiger partial charge in [0.1, 0.15) is 0 Å². The van der Waals surface area contributed by atoms with Crippen molar-refractivity contribution in [2.24, 2.45) is 0 Å². The second kappa shape index (κ2) is 6.01. The Morgan fingerprint density at radius 3 is 2.29 bits per heavy atom. The van der Waals surface area contributed by atoms with Crippen LogP contribution in [0.4, 0.5) is 0 Å². The van der Waals surface area contributed by atoms with Gasteiger partial charge in [-0.1, -0.05) is 54.0 Å². The average Bonchev–Trinajstić information content (AvgIpc) is 2.78. The third-order valence-electron chi connectivity index (χ3n) is 3.68. The van der Waals surface area contributed by atoms with Gasteiger partial charge >= 0.3 is 0 Å². The molecule has 1 nitrogen and oxygen atoms in total. The summed E-state index contributed by atoms with van der Waals surface area (Å²) in [4.78, 5) is 3.17. The Hall–Kier alpha value is -0.340. The first-order valence-electron chi connectivity index (χ1n) is 6.72. The number of nitrogens with zero attached hydrogens (tertiary/aromatic N) is 1. The molecule has 0 spiro atoms. The van der Waals surface area contributed by atoms with Gasteiger partial charge in [-0.3, -0.25) is 4.90 Å². The summed E-state index contributed by atoms with van der Waals surface area (Å²) in [5.41, 5.74) is 3.10. The van der Waals surface area contributed by atoms with E-state index >= 15 is 0 Å². The third kappa shape index (κ3) is 2.92. The van der Waals surface area contributed by atoms with Crippen molar-refractivity contribution < 1.29 is 0 Å². The number of halogens is 1. The summed E-state index contributed by atoms with van der Waals surface area (Å²) in [5.74, 6) is 0. The molecule has 0 radical (unpaired) electrons. The van der Waals surface area contributed by atoms with Crippen molar-refractivity contribution in [1.29, 1.82) is 0 Å². The molecule has 17 heavy (non-hydrogen) atoms.